The maximum Gasteiger partial charge on any atom is 0.336 e. The molecule has 0 saturated carbocycles. The van der Waals surface area contributed by atoms with E-state index in [-0.39, 0.29) is 5.57 Å². The summed E-state index contributed by atoms with van der Waals surface area (Å²) in [4.78, 5) is 13.7. The fraction of sp³-hybridized carbons (Fsp3) is 0.100. The third-order valence-corrected chi connectivity index (χ3v) is 5.51. The third-order valence-electron chi connectivity index (χ3n) is 4.35. The van der Waals surface area contributed by atoms with Gasteiger partial charge in [-0.1, -0.05) is 35.6 Å². The van der Waals surface area contributed by atoms with Crippen molar-refractivity contribution in [3.05, 3.63) is 71.1 Å². The fourth-order valence-corrected chi connectivity index (χ4v) is 4.03. The van der Waals surface area contributed by atoms with E-state index in [2.05, 4.69) is 0 Å². The molecule has 1 N–H and O–H groups in total. The summed E-state index contributed by atoms with van der Waals surface area (Å²) in [5.74, 6) is 0.213. The molecule has 0 aliphatic carbocycles. The summed E-state index contributed by atoms with van der Waals surface area (Å²) in [6.45, 7) is 0. The quantitative estimate of drug-likeness (QED) is 0.570. The molecule has 0 saturated heterocycles. The second-order valence-corrected chi connectivity index (χ2v) is 7.05. The molecular weight excluding hydrogens is 348 g/mol. The molecule has 5 nitrogen and oxygen atoms in total. The number of hydrogen-bond acceptors (Lipinski definition) is 4. The molecule has 2 heterocycles. The van der Waals surface area contributed by atoms with Crippen molar-refractivity contribution in [3.8, 4) is 5.75 Å². The van der Waals surface area contributed by atoms with Gasteiger partial charge >= 0.3 is 5.97 Å². The van der Waals surface area contributed by atoms with E-state index >= 15 is 0 Å². The van der Waals surface area contributed by atoms with Crippen LogP contribution >= 0.6 is 11.3 Å². The van der Waals surface area contributed by atoms with Crippen LogP contribution in [0.2, 0.25) is 0 Å². The Labute approximate surface area is 154 Å². The number of carbonyl (C=O) groups is 1. The summed E-state index contributed by atoms with van der Waals surface area (Å²) in [6.07, 6.45) is 3.24. The molecule has 0 atom stereocenters. The largest absolute Gasteiger partial charge is 0.478 e. The van der Waals surface area contributed by atoms with Crippen LogP contribution in [-0.2, 0) is 11.8 Å². The van der Waals surface area contributed by atoms with E-state index in [0.717, 1.165) is 26.7 Å². The van der Waals surface area contributed by atoms with Crippen LogP contribution < -0.4 is 14.2 Å². The minimum absolute atomic E-state index is 0.168. The van der Waals surface area contributed by atoms with Crippen LogP contribution in [0.25, 0.3) is 16.3 Å². The smallest absolute Gasteiger partial charge is 0.336 e. The van der Waals surface area contributed by atoms with Gasteiger partial charge in [0.25, 0.3) is 5.01 Å². The topological polar surface area (TPSA) is 53.7 Å². The highest BCUT2D eigenvalue weighted by Gasteiger charge is 2.24. The van der Waals surface area contributed by atoms with E-state index in [1.165, 1.54) is 0 Å². The minimum Gasteiger partial charge on any atom is -0.478 e. The van der Waals surface area contributed by atoms with Gasteiger partial charge in [0.15, 0.2) is 5.75 Å². The zero-order valence-corrected chi connectivity index (χ0v) is 15.2. The number of carboxylic acids is 1. The predicted molar refractivity (Wildman–Crippen MR) is 102 cm³/mol. The molecule has 3 aromatic rings. The molecule has 1 aliphatic rings. The van der Waals surface area contributed by atoms with Gasteiger partial charge in [-0.3, -0.25) is 0 Å². The van der Waals surface area contributed by atoms with Gasteiger partial charge in [-0.25, -0.2) is 4.79 Å². The molecule has 0 bridgehead atoms. The Hall–Kier alpha value is -3.12. The Morgan fingerprint density at radius 1 is 1.19 bits per heavy atom. The Morgan fingerprint density at radius 2 is 1.92 bits per heavy atom. The minimum atomic E-state index is -0.997. The Balaban J connectivity index is 1.76. The molecule has 0 radical (unpaired) electrons. The molecule has 2 aromatic carbocycles. The van der Waals surface area contributed by atoms with Crippen LogP contribution in [0.5, 0.6) is 5.75 Å². The molecular formula is C20H17N2O3S+. The number of thiazole rings is 1. The number of aliphatic carboxylic acids is 1. The molecule has 0 fully saturated rings. The molecule has 130 valence electrons. The van der Waals surface area contributed by atoms with Crippen molar-refractivity contribution < 1.29 is 19.2 Å². The van der Waals surface area contributed by atoms with E-state index in [4.69, 9.17) is 4.74 Å². The lowest BCUT2D eigenvalue weighted by molar-refractivity contribution is -0.642. The Morgan fingerprint density at radius 3 is 2.65 bits per heavy atom. The highest BCUT2D eigenvalue weighted by atomic mass is 32.1. The van der Waals surface area contributed by atoms with Crippen molar-refractivity contribution in [2.24, 2.45) is 7.05 Å². The van der Waals surface area contributed by atoms with Crippen LogP contribution in [0.15, 0.2) is 66.1 Å². The molecule has 0 unspecified atom stereocenters. The summed E-state index contributed by atoms with van der Waals surface area (Å²) in [6, 6.07) is 15.6. The van der Waals surface area contributed by atoms with Crippen molar-refractivity contribution in [1.82, 2.24) is 0 Å². The van der Waals surface area contributed by atoms with Gasteiger partial charge in [-0.15, -0.1) is 0 Å². The zero-order valence-electron chi connectivity index (χ0n) is 14.3. The van der Waals surface area contributed by atoms with Gasteiger partial charge in [0, 0.05) is 25.3 Å². The number of benzene rings is 2. The van der Waals surface area contributed by atoms with Crippen LogP contribution in [0, 0.1) is 0 Å². The highest BCUT2D eigenvalue weighted by molar-refractivity contribution is 7.18. The zero-order chi connectivity index (χ0) is 18.3. The first kappa shape index (κ1) is 16.4. The number of aryl methyl sites for hydroxylation is 1. The normalized spacial score (nSPS) is 15.4. The maximum absolute atomic E-state index is 11.8. The van der Waals surface area contributed by atoms with Crippen molar-refractivity contribution in [2.45, 2.75) is 0 Å². The number of anilines is 1. The molecule has 0 amide bonds. The summed E-state index contributed by atoms with van der Waals surface area (Å²) >= 11 is 1.56. The number of nitrogens with zero attached hydrogens (tertiary/aromatic N) is 2. The first-order valence-corrected chi connectivity index (χ1v) is 8.91. The maximum atomic E-state index is 11.8. The first-order chi connectivity index (χ1) is 12.5. The number of ether oxygens (including phenoxy) is 1. The van der Waals surface area contributed by atoms with Gasteiger partial charge in [-0.2, -0.15) is 4.57 Å². The van der Waals surface area contributed by atoms with Gasteiger partial charge < -0.3 is 14.7 Å². The third kappa shape index (κ3) is 2.74. The molecule has 4 rings (SSSR count). The lowest BCUT2D eigenvalue weighted by atomic mass is 10.2. The van der Waals surface area contributed by atoms with Gasteiger partial charge in [0.2, 0.25) is 11.4 Å². The van der Waals surface area contributed by atoms with Crippen molar-refractivity contribution in [1.29, 1.82) is 0 Å². The lowest BCUT2D eigenvalue weighted by Crippen LogP contribution is -2.29. The summed E-state index contributed by atoms with van der Waals surface area (Å²) in [5, 5.41) is 10.5. The van der Waals surface area contributed by atoms with Crippen molar-refractivity contribution in [2.75, 3.05) is 11.9 Å². The van der Waals surface area contributed by atoms with E-state index in [0.29, 0.717) is 5.88 Å². The van der Waals surface area contributed by atoms with Crippen LogP contribution in [-0.4, -0.2) is 18.1 Å². The number of fused-ring (bicyclic) bond motifs is 2. The van der Waals surface area contributed by atoms with Crippen molar-refractivity contribution >= 4 is 39.3 Å². The van der Waals surface area contributed by atoms with E-state index in [9.17, 15) is 9.90 Å². The molecule has 1 aliphatic heterocycles. The second kappa shape index (κ2) is 6.31. The molecule has 0 spiro atoms. The van der Waals surface area contributed by atoms with Crippen molar-refractivity contribution in [3.63, 3.8) is 0 Å². The predicted octanol–water partition coefficient (Wildman–Crippen LogP) is 3.56. The average Bonchev–Trinajstić information content (AvgIpc) is 3.13. The number of carboxylic acid groups (broad SMARTS) is 1. The molecule has 6 heteroatoms. The number of aromatic nitrogens is 1. The number of para-hydroxylation sites is 3. The Kier molecular flexibility index (Phi) is 3.97. The van der Waals surface area contributed by atoms with Gasteiger partial charge in [0.1, 0.15) is 11.7 Å². The monoisotopic (exact) mass is 365 g/mol. The standard InChI is InChI=1S/C20H16N2O3S/c1-21-14-7-3-5-9-16(14)25-18(21)11-13(20(23)24)12-19-22(2)15-8-4-6-10-17(15)26-19/h3-12H,1-2H3/p+1. The lowest BCUT2D eigenvalue weighted by Gasteiger charge is -2.10. The average molecular weight is 365 g/mol. The Bertz CT molecular complexity index is 1080. The van der Waals surface area contributed by atoms with E-state index in [1.54, 1.807) is 23.5 Å². The summed E-state index contributed by atoms with van der Waals surface area (Å²) in [7, 11) is 3.79. The van der Waals surface area contributed by atoms with Gasteiger partial charge in [-0.05, 0) is 18.2 Å². The van der Waals surface area contributed by atoms with E-state index in [1.807, 2.05) is 72.1 Å². The number of rotatable bonds is 3. The highest BCUT2D eigenvalue weighted by Crippen LogP contribution is 2.37. The van der Waals surface area contributed by atoms with Crippen LogP contribution in [0.3, 0.4) is 0 Å². The molecule has 1 aromatic heterocycles. The fourth-order valence-electron chi connectivity index (χ4n) is 2.92. The first-order valence-electron chi connectivity index (χ1n) is 8.09. The summed E-state index contributed by atoms with van der Waals surface area (Å²) < 4.78 is 8.91. The number of hydrogen-bond donors (Lipinski definition) is 1. The van der Waals surface area contributed by atoms with Crippen LogP contribution in [0.4, 0.5) is 5.69 Å². The van der Waals surface area contributed by atoms with Crippen LogP contribution in [0.1, 0.15) is 5.01 Å². The van der Waals surface area contributed by atoms with Gasteiger partial charge in [0.05, 0.1) is 11.3 Å². The summed E-state index contributed by atoms with van der Waals surface area (Å²) in [5.41, 5.74) is 2.15. The molecule has 26 heavy (non-hydrogen) atoms. The van der Waals surface area contributed by atoms with E-state index < -0.39 is 5.97 Å². The second-order valence-electron chi connectivity index (χ2n) is 5.98. The SMILES string of the molecule is CN1C(=CC(=Cc2sc3ccccc3[n+]2C)C(=O)O)Oc2ccccc21.